The highest BCUT2D eigenvalue weighted by atomic mass is 16.7. The van der Waals surface area contributed by atoms with Crippen molar-refractivity contribution in [2.24, 2.45) is 0 Å². The van der Waals surface area contributed by atoms with Gasteiger partial charge in [0, 0.05) is 12.8 Å². The second-order valence-electron chi connectivity index (χ2n) is 20.9. The minimum atomic E-state index is -1.63. The van der Waals surface area contributed by atoms with Crippen LogP contribution in [-0.2, 0) is 33.3 Å². The Kier molecular flexibility index (Phi) is 53.1. The number of hydrogen-bond donors (Lipinski definition) is 0. The Labute approximate surface area is 460 Å². The third kappa shape index (κ3) is 57.5. The van der Waals surface area contributed by atoms with E-state index in [1.807, 2.05) is 21.1 Å². The normalized spacial score (nSPS) is 13.6. The Morgan fingerprint density at radius 2 is 0.760 bits per heavy atom. The summed E-state index contributed by atoms with van der Waals surface area (Å²) >= 11 is 0. The molecule has 0 aliphatic rings. The fourth-order valence-electron chi connectivity index (χ4n) is 7.90. The van der Waals surface area contributed by atoms with Gasteiger partial charge >= 0.3 is 11.9 Å². The number of unbranched alkanes of at least 4 members (excludes halogenated alkanes) is 21. The summed E-state index contributed by atoms with van der Waals surface area (Å²) in [4.78, 5) is 37.3. The molecule has 0 aromatic carbocycles. The molecule has 428 valence electrons. The van der Waals surface area contributed by atoms with E-state index in [-0.39, 0.29) is 38.6 Å². The number of nitrogens with zero attached hydrogens (tertiary/aromatic N) is 1. The van der Waals surface area contributed by atoms with Crippen LogP contribution in [0.4, 0.5) is 0 Å². The third-order valence-electron chi connectivity index (χ3n) is 12.5. The summed E-state index contributed by atoms with van der Waals surface area (Å²) in [6, 6.07) is 0. The number of carboxylic acid groups (broad SMARTS) is 1. The van der Waals surface area contributed by atoms with Gasteiger partial charge in [-0.15, -0.1) is 0 Å². The Bertz CT molecular complexity index is 1590. The molecule has 0 radical (unpaired) electrons. The molecule has 0 saturated carbocycles. The molecule has 0 saturated heterocycles. The van der Waals surface area contributed by atoms with Crippen molar-refractivity contribution in [2.45, 2.75) is 245 Å². The van der Waals surface area contributed by atoms with E-state index in [0.29, 0.717) is 17.4 Å². The molecule has 0 aromatic heterocycles. The van der Waals surface area contributed by atoms with Crippen LogP contribution in [0.25, 0.3) is 0 Å². The molecular formula is C66H111NO8. The zero-order valence-electron chi connectivity index (χ0n) is 48.6. The van der Waals surface area contributed by atoms with Crippen LogP contribution in [-0.4, -0.2) is 82.3 Å². The van der Waals surface area contributed by atoms with E-state index in [1.165, 1.54) is 83.5 Å². The molecule has 2 atom stereocenters. The van der Waals surface area contributed by atoms with E-state index < -0.39 is 24.3 Å². The molecule has 0 aromatic rings. The smallest absolute Gasteiger partial charge is 0.306 e. The van der Waals surface area contributed by atoms with E-state index in [2.05, 4.69) is 123 Å². The summed E-state index contributed by atoms with van der Waals surface area (Å²) in [6.45, 7) is 4.61. The Balaban J connectivity index is 4.20. The average molecular weight is 1050 g/mol. The highest BCUT2D eigenvalue weighted by Gasteiger charge is 2.22. The number of carboxylic acids is 1. The maximum atomic E-state index is 12.9. The Hall–Kier alpha value is -4.05. The summed E-state index contributed by atoms with van der Waals surface area (Å²) in [5.74, 6) is -2.31. The van der Waals surface area contributed by atoms with E-state index in [1.54, 1.807) is 0 Å². The molecular weight excluding hydrogens is 935 g/mol. The van der Waals surface area contributed by atoms with Gasteiger partial charge in [0.15, 0.2) is 12.4 Å². The minimum Gasteiger partial charge on any atom is -0.545 e. The molecule has 9 heteroatoms. The number of ether oxygens (including phenoxy) is 4. The lowest BCUT2D eigenvalue weighted by Crippen LogP contribution is -2.44. The number of esters is 2. The van der Waals surface area contributed by atoms with Gasteiger partial charge in [-0.25, -0.2) is 0 Å². The fourth-order valence-corrected chi connectivity index (χ4v) is 7.90. The average Bonchev–Trinajstić information content (AvgIpc) is 3.38. The van der Waals surface area contributed by atoms with Gasteiger partial charge in [0.1, 0.15) is 13.2 Å². The molecule has 0 rings (SSSR count). The van der Waals surface area contributed by atoms with Gasteiger partial charge in [0.05, 0.1) is 40.3 Å². The van der Waals surface area contributed by atoms with Crippen LogP contribution >= 0.6 is 0 Å². The van der Waals surface area contributed by atoms with Crippen LogP contribution in [0, 0.1) is 0 Å². The molecule has 75 heavy (non-hydrogen) atoms. The quantitative estimate of drug-likeness (QED) is 0.0195. The number of allylic oxidation sites excluding steroid dienone is 18. The number of carbonyl (C=O) groups excluding carboxylic acids is 3. The van der Waals surface area contributed by atoms with E-state index in [0.717, 1.165) is 116 Å². The van der Waals surface area contributed by atoms with E-state index in [4.69, 9.17) is 18.9 Å². The maximum Gasteiger partial charge on any atom is 0.306 e. The standard InChI is InChI=1S/C66H111NO8/c1-6-8-10-12-14-16-18-20-22-23-24-25-26-27-28-29-30-31-32-33-34-35-36-37-38-39-40-41-43-45-47-49-51-53-55-57-64(69)75-62(61-74-66(65(70)71)72-59-58-67(3,4)5)60-73-63(68)56-54-52-50-48-46-44-42-21-19-17-15-13-11-9-7-2/h8,10,14,16,20-22,24-25,27-28,30-31,33-34,36-37,42,62,66H,6-7,9,11-13,15,17-19,23,26,29,32,35,38-41,43-61H2,1-5H3/b10-8-,16-14-,22-20-,25-24-,28-27-,31-30-,34-33-,37-36-,42-21-. The molecule has 9 nitrogen and oxygen atoms in total. The van der Waals surface area contributed by atoms with Crippen LogP contribution in [0.3, 0.4) is 0 Å². The Morgan fingerprint density at radius 3 is 1.15 bits per heavy atom. The summed E-state index contributed by atoms with van der Waals surface area (Å²) < 4.78 is 22.7. The monoisotopic (exact) mass is 1050 g/mol. The number of likely N-dealkylation sites (N-methyl/N-ethyl adjacent to an activating group) is 1. The summed E-state index contributed by atoms with van der Waals surface area (Å²) in [6.07, 6.45) is 74.3. The molecule has 0 fully saturated rings. The predicted octanol–water partition coefficient (Wildman–Crippen LogP) is 16.6. The molecule has 0 spiro atoms. The van der Waals surface area contributed by atoms with Crippen molar-refractivity contribution in [1.82, 2.24) is 0 Å². The Morgan fingerprint density at radius 1 is 0.413 bits per heavy atom. The number of hydrogen-bond acceptors (Lipinski definition) is 8. The van der Waals surface area contributed by atoms with Crippen molar-refractivity contribution in [3.63, 3.8) is 0 Å². The largest absolute Gasteiger partial charge is 0.545 e. The van der Waals surface area contributed by atoms with Crippen molar-refractivity contribution in [1.29, 1.82) is 0 Å². The van der Waals surface area contributed by atoms with Crippen molar-refractivity contribution in [3.8, 4) is 0 Å². The molecule has 0 heterocycles. The highest BCUT2D eigenvalue weighted by Crippen LogP contribution is 2.15. The van der Waals surface area contributed by atoms with Crippen molar-refractivity contribution in [3.05, 3.63) is 109 Å². The van der Waals surface area contributed by atoms with E-state index >= 15 is 0 Å². The van der Waals surface area contributed by atoms with Crippen molar-refractivity contribution >= 4 is 17.9 Å². The fraction of sp³-hybridized carbons (Fsp3) is 0.682. The molecule has 0 aliphatic heterocycles. The lowest BCUT2D eigenvalue weighted by molar-refractivity contribution is -0.870. The lowest BCUT2D eigenvalue weighted by atomic mass is 10.0. The highest BCUT2D eigenvalue weighted by molar-refractivity contribution is 5.70. The van der Waals surface area contributed by atoms with Gasteiger partial charge < -0.3 is 33.3 Å². The summed E-state index contributed by atoms with van der Waals surface area (Å²) in [5, 5.41) is 11.8. The van der Waals surface area contributed by atoms with Crippen LogP contribution in [0.5, 0.6) is 0 Å². The lowest BCUT2D eigenvalue weighted by Gasteiger charge is -2.26. The zero-order valence-corrected chi connectivity index (χ0v) is 48.6. The molecule has 0 aliphatic carbocycles. The van der Waals surface area contributed by atoms with Crippen LogP contribution in [0.1, 0.15) is 232 Å². The molecule has 0 amide bonds. The predicted molar refractivity (Wildman–Crippen MR) is 315 cm³/mol. The van der Waals surface area contributed by atoms with Gasteiger partial charge in [0.2, 0.25) is 0 Å². The second kappa shape index (κ2) is 56.2. The van der Waals surface area contributed by atoms with Crippen LogP contribution in [0.2, 0.25) is 0 Å². The number of carbonyl (C=O) groups is 3. The zero-order chi connectivity index (χ0) is 54.8. The van der Waals surface area contributed by atoms with Gasteiger partial charge in [-0.3, -0.25) is 9.59 Å². The first kappa shape index (κ1) is 71.0. The third-order valence-corrected chi connectivity index (χ3v) is 12.5. The molecule has 2 unspecified atom stereocenters. The first-order valence-electron chi connectivity index (χ1n) is 30.0. The number of rotatable bonds is 54. The maximum absolute atomic E-state index is 12.9. The minimum absolute atomic E-state index is 0.141. The SMILES string of the molecule is CC/C=C\C/C=C\C/C=C\C/C=C\C/C=C\C/C=C\C/C=C\C/C=C\CCCCCCCCCCCCC(=O)OC(COC(=O)CCCCCCC/C=C\CCCCCCCC)COC(OCC[N+](C)(C)C)C(=O)[O-]. The topological polar surface area (TPSA) is 111 Å². The van der Waals surface area contributed by atoms with E-state index in [9.17, 15) is 19.5 Å². The first-order valence-corrected chi connectivity index (χ1v) is 30.0. The summed E-state index contributed by atoms with van der Waals surface area (Å²) in [7, 11) is 5.91. The van der Waals surface area contributed by atoms with Gasteiger partial charge in [-0.05, 0) is 103 Å². The summed E-state index contributed by atoms with van der Waals surface area (Å²) in [5.41, 5.74) is 0. The number of quaternary nitrogens is 1. The van der Waals surface area contributed by atoms with Crippen molar-refractivity contribution in [2.75, 3.05) is 47.5 Å². The van der Waals surface area contributed by atoms with Gasteiger partial charge in [-0.2, -0.15) is 0 Å². The number of aliphatic carboxylic acids is 1. The second-order valence-corrected chi connectivity index (χ2v) is 20.9. The van der Waals surface area contributed by atoms with Crippen LogP contribution in [0.15, 0.2) is 109 Å². The molecule has 0 bridgehead atoms. The van der Waals surface area contributed by atoms with Crippen molar-refractivity contribution < 1.29 is 42.9 Å². The first-order chi connectivity index (χ1) is 36.6. The van der Waals surface area contributed by atoms with Gasteiger partial charge in [-0.1, -0.05) is 226 Å². The molecule has 0 N–H and O–H groups in total. The van der Waals surface area contributed by atoms with Gasteiger partial charge in [0.25, 0.3) is 0 Å². The van der Waals surface area contributed by atoms with Crippen LogP contribution < -0.4 is 5.11 Å².